The maximum absolute atomic E-state index is 10.7. The van der Waals surface area contributed by atoms with Gasteiger partial charge < -0.3 is 14.7 Å². The summed E-state index contributed by atoms with van der Waals surface area (Å²) >= 11 is 0. The molecular formula is C16H24N2O2. The lowest BCUT2D eigenvalue weighted by Crippen LogP contribution is -2.55. The Hall–Kier alpha value is -1.10. The summed E-state index contributed by atoms with van der Waals surface area (Å²) in [6.45, 7) is 5.44. The summed E-state index contributed by atoms with van der Waals surface area (Å²) in [7, 11) is 3.83. The minimum Gasteiger partial charge on any atom is -0.497 e. The molecule has 3 atom stereocenters. The molecule has 4 heteroatoms. The van der Waals surface area contributed by atoms with Crippen LogP contribution in [0.1, 0.15) is 24.2 Å². The van der Waals surface area contributed by atoms with Gasteiger partial charge in [0.1, 0.15) is 5.75 Å². The van der Waals surface area contributed by atoms with Crippen molar-refractivity contribution in [1.29, 1.82) is 0 Å². The van der Waals surface area contributed by atoms with Crippen molar-refractivity contribution in [2.75, 3.05) is 33.8 Å². The number of aliphatic hydroxyl groups excluding tert-OH is 1. The van der Waals surface area contributed by atoms with Crippen LogP contribution >= 0.6 is 0 Å². The lowest BCUT2D eigenvalue weighted by atomic mass is 10.1. The van der Waals surface area contributed by atoms with E-state index in [0.29, 0.717) is 6.04 Å². The van der Waals surface area contributed by atoms with Gasteiger partial charge in [0.05, 0.1) is 13.2 Å². The van der Waals surface area contributed by atoms with E-state index in [4.69, 9.17) is 4.74 Å². The molecule has 0 spiro atoms. The smallest absolute Gasteiger partial charge is 0.119 e. The second-order valence-corrected chi connectivity index (χ2v) is 6.13. The molecule has 3 rings (SSSR count). The largest absolute Gasteiger partial charge is 0.497 e. The Morgan fingerprint density at radius 1 is 1.30 bits per heavy atom. The quantitative estimate of drug-likeness (QED) is 0.883. The topological polar surface area (TPSA) is 35.9 Å². The van der Waals surface area contributed by atoms with Crippen molar-refractivity contribution in [2.24, 2.45) is 0 Å². The van der Waals surface area contributed by atoms with Gasteiger partial charge in [-0.2, -0.15) is 0 Å². The van der Waals surface area contributed by atoms with E-state index in [1.54, 1.807) is 7.11 Å². The van der Waals surface area contributed by atoms with Crippen LogP contribution in [0.2, 0.25) is 0 Å². The van der Waals surface area contributed by atoms with Crippen LogP contribution in [0.5, 0.6) is 5.75 Å². The first-order chi connectivity index (χ1) is 9.60. The van der Waals surface area contributed by atoms with Crippen LogP contribution < -0.4 is 4.74 Å². The van der Waals surface area contributed by atoms with E-state index < -0.39 is 6.10 Å². The minimum absolute atomic E-state index is 0.209. The van der Waals surface area contributed by atoms with Crippen LogP contribution in [0.15, 0.2) is 18.2 Å². The third kappa shape index (κ3) is 2.32. The maximum Gasteiger partial charge on any atom is 0.119 e. The fourth-order valence-corrected chi connectivity index (χ4v) is 3.65. The first kappa shape index (κ1) is 13.9. The Bertz CT molecular complexity index is 491. The van der Waals surface area contributed by atoms with Gasteiger partial charge in [-0.3, -0.25) is 4.90 Å². The van der Waals surface area contributed by atoms with E-state index in [9.17, 15) is 5.11 Å². The first-order valence-electron chi connectivity index (χ1n) is 7.39. The molecule has 0 saturated carbocycles. The Morgan fingerprint density at radius 3 is 2.80 bits per heavy atom. The molecule has 0 amide bonds. The van der Waals surface area contributed by atoms with Gasteiger partial charge in [0, 0.05) is 31.7 Å². The summed E-state index contributed by atoms with van der Waals surface area (Å²) in [5.41, 5.74) is 2.30. The van der Waals surface area contributed by atoms with E-state index in [0.717, 1.165) is 37.4 Å². The molecule has 0 aromatic heterocycles. The van der Waals surface area contributed by atoms with Crippen LogP contribution in [-0.4, -0.2) is 60.8 Å². The molecule has 0 radical (unpaired) electrons. The van der Waals surface area contributed by atoms with E-state index in [1.165, 1.54) is 5.56 Å². The monoisotopic (exact) mass is 276 g/mol. The number of ether oxygens (including phenoxy) is 1. The summed E-state index contributed by atoms with van der Waals surface area (Å²) in [5, 5.41) is 10.7. The van der Waals surface area contributed by atoms with Gasteiger partial charge in [0.25, 0.3) is 0 Å². The van der Waals surface area contributed by atoms with Crippen LogP contribution in [0, 0.1) is 0 Å². The molecule has 0 bridgehead atoms. The average molecular weight is 276 g/mol. The molecule has 1 aromatic rings. The number of benzene rings is 1. The first-order valence-corrected chi connectivity index (χ1v) is 7.39. The van der Waals surface area contributed by atoms with Gasteiger partial charge >= 0.3 is 0 Å². The molecule has 1 aliphatic heterocycles. The third-order valence-electron chi connectivity index (χ3n) is 4.77. The lowest BCUT2D eigenvalue weighted by molar-refractivity contribution is 0.00274. The molecule has 1 aromatic carbocycles. The standard InChI is InChI=1S/C16H24N2O2/c1-11-10-17(2)6-7-18(11)15-8-12-4-5-13(20-3)9-14(12)16(15)19/h4-5,9,11,15-16,19H,6-8,10H2,1-3H3. The van der Waals surface area contributed by atoms with Crippen molar-refractivity contribution in [3.63, 3.8) is 0 Å². The maximum atomic E-state index is 10.7. The fraction of sp³-hybridized carbons (Fsp3) is 0.625. The van der Waals surface area contributed by atoms with Crippen LogP contribution in [-0.2, 0) is 6.42 Å². The van der Waals surface area contributed by atoms with Crippen molar-refractivity contribution in [1.82, 2.24) is 9.80 Å². The van der Waals surface area contributed by atoms with Crippen molar-refractivity contribution in [2.45, 2.75) is 31.5 Å². The van der Waals surface area contributed by atoms with E-state index >= 15 is 0 Å². The SMILES string of the molecule is COc1ccc2c(c1)C(O)C(N1CCN(C)CC1C)C2. The number of rotatable bonds is 2. The molecule has 1 heterocycles. The van der Waals surface area contributed by atoms with Crippen LogP contribution in [0.25, 0.3) is 0 Å². The number of hydrogen-bond donors (Lipinski definition) is 1. The molecule has 110 valence electrons. The molecule has 1 N–H and O–H groups in total. The van der Waals surface area contributed by atoms with Gasteiger partial charge in [0.2, 0.25) is 0 Å². The van der Waals surface area contributed by atoms with E-state index in [2.05, 4.69) is 29.8 Å². The molecular weight excluding hydrogens is 252 g/mol. The minimum atomic E-state index is -0.397. The summed E-state index contributed by atoms with van der Waals surface area (Å²) in [6, 6.07) is 6.77. The van der Waals surface area contributed by atoms with Gasteiger partial charge in [-0.15, -0.1) is 0 Å². The molecule has 1 aliphatic carbocycles. The van der Waals surface area contributed by atoms with E-state index in [1.807, 2.05) is 12.1 Å². The highest BCUT2D eigenvalue weighted by atomic mass is 16.5. The Morgan fingerprint density at radius 2 is 2.10 bits per heavy atom. The molecule has 2 aliphatic rings. The Balaban J connectivity index is 1.81. The van der Waals surface area contributed by atoms with Crippen molar-refractivity contribution < 1.29 is 9.84 Å². The number of fused-ring (bicyclic) bond motifs is 1. The highest BCUT2D eigenvalue weighted by Crippen LogP contribution is 2.37. The Kier molecular flexibility index (Phi) is 3.71. The number of hydrogen-bond acceptors (Lipinski definition) is 4. The number of nitrogens with zero attached hydrogens (tertiary/aromatic N) is 2. The van der Waals surface area contributed by atoms with Crippen molar-refractivity contribution in [3.05, 3.63) is 29.3 Å². The van der Waals surface area contributed by atoms with Gasteiger partial charge in [-0.1, -0.05) is 6.07 Å². The molecule has 4 nitrogen and oxygen atoms in total. The number of aliphatic hydroxyl groups is 1. The Labute approximate surface area is 120 Å². The molecule has 20 heavy (non-hydrogen) atoms. The zero-order valence-corrected chi connectivity index (χ0v) is 12.5. The number of piperazine rings is 1. The van der Waals surface area contributed by atoms with Crippen molar-refractivity contribution in [3.8, 4) is 5.75 Å². The van der Waals surface area contributed by atoms with Crippen LogP contribution in [0.3, 0.4) is 0 Å². The lowest BCUT2D eigenvalue weighted by Gasteiger charge is -2.42. The summed E-state index contributed by atoms with van der Waals surface area (Å²) in [6.07, 6.45) is 0.542. The van der Waals surface area contributed by atoms with Crippen LogP contribution in [0.4, 0.5) is 0 Å². The zero-order chi connectivity index (χ0) is 14.3. The zero-order valence-electron chi connectivity index (χ0n) is 12.5. The third-order valence-corrected chi connectivity index (χ3v) is 4.77. The second kappa shape index (κ2) is 5.35. The predicted octanol–water partition coefficient (Wildman–Crippen LogP) is 1.29. The number of methoxy groups -OCH3 is 1. The average Bonchev–Trinajstić information content (AvgIpc) is 2.76. The van der Waals surface area contributed by atoms with Gasteiger partial charge in [0.15, 0.2) is 0 Å². The highest BCUT2D eigenvalue weighted by molar-refractivity contribution is 5.42. The molecule has 1 saturated heterocycles. The summed E-state index contributed by atoms with van der Waals surface area (Å²) < 4.78 is 5.27. The van der Waals surface area contributed by atoms with Gasteiger partial charge in [-0.25, -0.2) is 0 Å². The summed E-state index contributed by atoms with van der Waals surface area (Å²) in [4.78, 5) is 4.83. The summed E-state index contributed by atoms with van der Waals surface area (Å²) in [5.74, 6) is 0.829. The molecule has 1 fully saturated rings. The predicted molar refractivity (Wildman–Crippen MR) is 79.1 cm³/mol. The number of likely N-dealkylation sites (N-methyl/N-ethyl adjacent to an activating group) is 1. The van der Waals surface area contributed by atoms with Gasteiger partial charge in [-0.05, 0) is 43.7 Å². The highest BCUT2D eigenvalue weighted by Gasteiger charge is 2.38. The fourth-order valence-electron chi connectivity index (χ4n) is 3.65. The normalized spacial score (nSPS) is 31.3. The van der Waals surface area contributed by atoms with E-state index in [-0.39, 0.29) is 6.04 Å². The second-order valence-electron chi connectivity index (χ2n) is 6.13. The van der Waals surface area contributed by atoms with Crippen molar-refractivity contribution >= 4 is 0 Å². The molecule has 3 unspecified atom stereocenters.